The summed E-state index contributed by atoms with van der Waals surface area (Å²) in [4.78, 5) is 11.6. The second-order valence-electron chi connectivity index (χ2n) is 15.4. The normalized spacial score (nSPS) is 53.3. The van der Waals surface area contributed by atoms with Gasteiger partial charge in [0.25, 0.3) is 5.79 Å². The molecule has 6 heterocycles. The molecule has 0 bridgehead atoms. The minimum Gasteiger partial charge on any atom is -0.477 e. The lowest BCUT2D eigenvalue weighted by molar-refractivity contribution is -0.414. The Morgan fingerprint density at radius 3 is 1.54 bits per heavy atom. The lowest BCUT2D eigenvalue weighted by atomic mass is 9.95. The van der Waals surface area contributed by atoms with Crippen LogP contribution in [0.4, 0.5) is 0 Å². The Kier molecular flexibility index (Phi) is 15.9. The number of hydrogen-bond donors (Lipinski definition) is 16. The van der Waals surface area contributed by atoms with Gasteiger partial charge in [-0.15, -0.1) is 0 Å². The zero-order valence-corrected chi connectivity index (χ0v) is 32.0. The minimum atomic E-state index is -2.22. The standard InChI is InChI=1S/C33H54O28/c1-33(32(49)50)51-6-11-23(61-33)18(44)21(47)30(56-11)57-22-10(5-37)55-29(20(46)17(22)43)58-24-14(40)9(4-36)54-31(59-25-16(42)13(39)7(2-34)52-27(25)48)26(24)60-28-19(45)15(41)12(38)8(3-35)53-28/h7-31,34-48H,2-6H2,1H3,(H,49,50)/t7-,8-,9-,10-,11-,12+,13-,14-,15+,16+,17-,18-,19-,20-,21-,22-,23+,24+,25+,26+,27+,28-,29-,30+,31-,33?/m1/s1. The summed E-state index contributed by atoms with van der Waals surface area (Å²) < 4.78 is 61.4. The lowest BCUT2D eigenvalue weighted by Crippen LogP contribution is -2.69. The van der Waals surface area contributed by atoms with E-state index >= 15 is 0 Å². The molecule has 16 N–H and O–H groups in total. The average Bonchev–Trinajstić information content (AvgIpc) is 3.24. The molecular weight excluding hydrogens is 844 g/mol. The SMILES string of the molecule is CC1(C(=O)O)OC[C@H]2O[C@@H](O[C@H]3[C@H](O)[C@@H](O)[C@@H](O[C@H]4[C@H](O)[C@@H](CO)O[C@H](O[C@H]5[C@@H](O)[C@H](O)[C@@H](CO)O[C@@H]5O)[C@H]4O[C@H]4O[C@H](CO)[C@H](O)[C@H](O)[C@H]4O)O[C@@H]3CO)[C@H](O)[C@@H](O)[C@H]2O1. The molecule has 6 saturated heterocycles. The van der Waals surface area contributed by atoms with Gasteiger partial charge >= 0.3 is 5.97 Å². The third-order valence-electron chi connectivity index (χ3n) is 11.4. The third-order valence-corrected chi connectivity index (χ3v) is 11.4. The predicted molar refractivity (Wildman–Crippen MR) is 180 cm³/mol. The molecule has 6 rings (SSSR count). The summed E-state index contributed by atoms with van der Waals surface area (Å²) in [6.45, 7) is -3.24. The highest BCUT2D eigenvalue weighted by molar-refractivity contribution is 5.75. The van der Waals surface area contributed by atoms with Crippen molar-refractivity contribution in [3.05, 3.63) is 0 Å². The van der Waals surface area contributed by atoms with Gasteiger partial charge in [0.2, 0.25) is 0 Å². The highest BCUT2D eigenvalue weighted by Crippen LogP contribution is 2.38. The van der Waals surface area contributed by atoms with Gasteiger partial charge in [-0.1, -0.05) is 0 Å². The molecule has 1 unspecified atom stereocenters. The zero-order valence-electron chi connectivity index (χ0n) is 32.0. The van der Waals surface area contributed by atoms with Crippen molar-refractivity contribution < 1.29 is 139 Å². The van der Waals surface area contributed by atoms with Crippen molar-refractivity contribution >= 4 is 5.97 Å². The molecule has 0 aromatic rings. The van der Waals surface area contributed by atoms with E-state index in [1.807, 2.05) is 0 Å². The maximum atomic E-state index is 11.6. The fourth-order valence-corrected chi connectivity index (χ4v) is 7.75. The molecule has 61 heavy (non-hydrogen) atoms. The highest BCUT2D eigenvalue weighted by Gasteiger charge is 2.59. The van der Waals surface area contributed by atoms with Crippen LogP contribution in [0.25, 0.3) is 0 Å². The van der Waals surface area contributed by atoms with E-state index in [4.69, 9.17) is 52.1 Å². The second-order valence-corrected chi connectivity index (χ2v) is 15.4. The number of carboxylic acids is 1. The van der Waals surface area contributed by atoms with Crippen LogP contribution in [0.15, 0.2) is 0 Å². The van der Waals surface area contributed by atoms with Gasteiger partial charge in [-0.25, -0.2) is 4.79 Å². The first-order chi connectivity index (χ1) is 28.8. The lowest BCUT2D eigenvalue weighted by Gasteiger charge is -2.51. The first kappa shape index (κ1) is 48.9. The Balaban J connectivity index is 1.24. The van der Waals surface area contributed by atoms with Crippen LogP contribution in [0.3, 0.4) is 0 Å². The van der Waals surface area contributed by atoms with Crippen molar-refractivity contribution in [1.29, 1.82) is 0 Å². The Labute approximate surface area is 344 Å². The predicted octanol–water partition coefficient (Wildman–Crippen LogP) is -11.1. The van der Waals surface area contributed by atoms with E-state index in [0.717, 1.165) is 6.92 Å². The molecule has 28 heteroatoms. The quantitative estimate of drug-likeness (QED) is 0.0816. The first-order valence-electron chi connectivity index (χ1n) is 19.2. The van der Waals surface area contributed by atoms with Crippen LogP contribution in [-0.2, 0) is 56.9 Å². The highest BCUT2D eigenvalue weighted by atomic mass is 16.8. The molecule has 0 aromatic heterocycles. The van der Waals surface area contributed by atoms with Crippen molar-refractivity contribution in [2.75, 3.05) is 33.0 Å². The van der Waals surface area contributed by atoms with E-state index in [9.17, 15) is 86.5 Å². The third kappa shape index (κ3) is 9.57. The van der Waals surface area contributed by atoms with Crippen LogP contribution in [0, 0.1) is 0 Å². The van der Waals surface area contributed by atoms with E-state index in [-0.39, 0.29) is 0 Å². The Morgan fingerprint density at radius 2 is 0.934 bits per heavy atom. The van der Waals surface area contributed by atoms with E-state index in [1.54, 1.807) is 0 Å². The number of aliphatic hydroxyl groups is 15. The maximum absolute atomic E-state index is 11.6. The Hall–Kier alpha value is -1.57. The van der Waals surface area contributed by atoms with Crippen LogP contribution in [0.1, 0.15) is 6.92 Å². The average molecular weight is 899 g/mol. The number of ether oxygens (including phenoxy) is 11. The molecule has 28 nitrogen and oxygen atoms in total. The monoisotopic (exact) mass is 898 g/mol. The summed E-state index contributed by atoms with van der Waals surface area (Å²) >= 11 is 0. The maximum Gasteiger partial charge on any atom is 0.364 e. The number of aliphatic carboxylic acids is 1. The number of hydrogen-bond acceptors (Lipinski definition) is 27. The topological polar surface area (TPSA) is 442 Å². The number of carbonyl (C=O) groups is 1. The smallest absolute Gasteiger partial charge is 0.364 e. The van der Waals surface area contributed by atoms with E-state index < -0.39 is 198 Å². The molecule has 6 aliphatic heterocycles. The van der Waals surface area contributed by atoms with Gasteiger partial charge in [0.1, 0.15) is 122 Å². The molecule has 0 amide bonds. The molecular formula is C33H54O28. The molecule has 0 aromatic carbocycles. The second kappa shape index (κ2) is 19.9. The molecule has 6 fully saturated rings. The van der Waals surface area contributed by atoms with Gasteiger partial charge in [0.15, 0.2) is 31.5 Å². The van der Waals surface area contributed by atoms with Crippen molar-refractivity contribution in [1.82, 2.24) is 0 Å². The van der Waals surface area contributed by atoms with Gasteiger partial charge in [-0.3, -0.25) is 0 Å². The van der Waals surface area contributed by atoms with E-state index in [1.165, 1.54) is 0 Å². The molecule has 26 atom stereocenters. The zero-order chi connectivity index (χ0) is 44.8. The fourth-order valence-electron chi connectivity index (χ4n) is 7.75. The van der Waals surface area contributed by atoms with Gasteiger partial charge in [-0.05, 0) is 0 Å². The summed E-state index contributed by atoms with van der Waals surface area (Å²) in [5.74, 6) is -3.74. The van der Waals surface area contributed by atoms with Gasteiger partial charge in [0, 0.05) is 6.92 Å². The molecule has 0 aliphatic carbocycles. The summed E-state index contributed by atoms with van der Waals surface area (Å²) in [5, 5.41) is 169. The number of fused-ring (bicyclic) bond motifs is 1. The van der Waals surface area contributed by atoms with Crippen LogP contribution < -0.4 is 0 Å². The number of carboxylic acid groups (broad SMARTS) is 1. The summed E-state index contributed by atoms with van der Waals surface area (Å²) in [6, 6.07) is 0. The van der Waals surface area contributed by atoms with Gasteiger partial charge < -0.3 is 134 Å². The van der Waals surface area contributed by atoms with Crippen LogP contribution >= 0.6 is 0 Å². The van der Waals surface area contributed by atoms with Crippen molar-refractivity contribution in [3.8, 4) is 0 Å². The van der Waals surface area contributed by atoms with E-state index in [0.29, 0.717) is 0 Å². The summed E-state index contributed by atoms with van der Waals surface area (Å²) in [7, 11) is 0. The van der Waals surface area contributed by atoms with Gasteiger partial charge in [0.05, 0.1) is 33.0 Å². The van der Waals surface area contributed by atoms with Crippen LogP contribution in [0.5, 0.6) is 0 Å². The van der Waals surface area contributed by atoms with Crippen LogP contribution in [-0.4, -0.2) is 280 Å². The fraction of sp³-hybridized carbons (Fsp3) is 0.970. The summed E-state index contributed by atoms with van der Waals surface area (Å²) in [6.07, 6.45) is -47.4. The molecule has 354 valence electrons. The van der Waals surface area contributed by atoms with Crippen molar-refractivity contribution in [3.63, 3.8) is 0 Å². The summed E-state index contributed by atoms with van der Waals surface area (Å²) in [5.41, 5.74) is 0. The molecule has 0 radical (unpaired) electrons. The largest absolute Gasteiger partial charge is 0.477 e. The first-order valence-corrected chi connectivity index (χ1v) is 19.2. The minimum absolute atomic E-state index is 0.475. The Morgan fingerprint density at radius 1 is 0.492 bits per heavy atom. The number of aliphatic hydroxyl groups excluding tert-OH is 15. The Bertz CT molecular complexity index is 1430. The number of rotatable bonds is 13. The molecule has 0 saturated carbocycles. The van der Waals surface area contributed by atoms with E-state index in [2.05, 4.69) is 0 Å². The van der Waals surface area contributed by atoms with Crippen LogP contribution in [0.2, 0.25) is 0 Å². The van der Waals surface area contributed by atoms with Gasteiger partial charge in [-0.2, -0.15) is 0 Å². The molecule has 6 aliphatic rings. The van der Waals surface area contributed by atoms with Crippen molar-refractivity contribution in [2.24, 2.45) is 0 Å². The van der Waals surface area contributed by atoms with Crippen molar-refractivity contribution in [2.45, 2.75) is 166 Å². The molecule has 0 spiro atoms.